The van der Waals surface area contributed by atoms with Crippen LogP contribution in [0.4, 0.5) is 5.69 Å². The fourth-order valence-electron chi connectivity index (χ4n) is 3.39. The van der Waals surface area contributed by atoms with Gasteiger partial charge in [-0.15, -0.1) is 6.58 Å². The van der Waals surface area contributed by atoms with Crippen LogP contribution in [0.2, 0.25) is 5.02 Å². The average molecular weight is 295 g/mol. The van der Waals surface area contributed by atoms with Crippen LogP contribution in [0.5, 0.6) is 0 Å². The molecule has 1 N–H and O–H groups in total. The third kappa shape index (κ3) is 2.05. The molecule has 0 amide bonds. The molecule has 1 aromatic rings. The van der Waals surface area contributed by atoms with Crippen molar-refractivity contribution in [3.63, 3.8) is 0 Å². The quantitative estimate of drug-likeness (QED) is 0.849. The van der Waals surface area contributed by atoms with Crippen molar-refractivity contribution < 1.29 is 0 Å². The van der Waals surface area contributed by atoms with E-state index < -0.39 is 0 Å². The van der Waals surface area contributed by atoms with Crippen LogP contribution >= 0.6 is 11.6 Å². The van der Waals surface area contributed by atoms with Gasteiger partial charge in [-0.25, -0.2) is 4.68 Å². The molecule has 0 aromatic carbocycles. The molecular weight excluding hydrogens is 276 g/mol. The zero-order valence-electron chi connectivity index (χ0n) is 11.6. The van der Waals surface area contributed by atoms with E-state index in [2.05, 4.69) is 28.8 Å². The van der Waals surface area contributed by atoms with Gasteiger partial charge in [-0.1, -0.05) is 17.7 Å². The molecule has 2 fully saturated rings. The van der Waals surface area contributed by atoms with Gasteiger partial charge in [-0.05, 0) is 18.8 Å². The second kappa shape index (κ2) is 5.22. The second-order valence-electron chi connectivity index (χ2n) is 5.59. The number of hydrogen-bond acceptors (Lipinski definition) is 4. The third-order valence-electron chi connectivity index (χ3n) is 4.51. The molecule has 3 rings (SSSR count). The number of nitrogens with zero attached hydrogens (tertiary/aromatic N) is 3. The van der Waals surface area contributed by atoms with Crippen LogP contribution in [0.1, 0.15) is 6.92 Å². The zero-order valence-corrected chi connectivity index (χ0v) is 12.3. The van der Waals surface area contributed by atoms with Crippen molar-refractivity contribution in [1.82, 2.24) is 15.1 Å². The summed E-state index contributed by atoms with van der Waals surface area (Å²) in [5.41, 5.74) is 0.519. The van der Waals surface area contributed by atoms with E-state index in [0.29, 0.717) is 24.4 Å². The number of allylic oxidation sites excluding steroid dienone is 1. The van der Waals surface area contributed by atoms with Crippen molar-refractivity contribution in [3.05, 3.63) is 34.2 Å². The lowest BCUT2D eigenvalue weighted by molar-refractivity contribution is 0.471. The van der Waals surface area contributed by atoms with Crippen LogP contribution in [0, 0.1) is 11.8 Å². The molecule has 2 saturated heterocycles. The van der Waals surface area contributed by atoms with Crippen molar-refractivity contribution in [2.24, 2.45) is 11.8 Å². The largest absolute Gasteiger partial charge is 0.365 e. The van der Waals surface area contributed by atoms with Crippen LogP contribution in [0.3, 0.4) is 0 Å². The number of anilines is 1. The molecule has 0 aliphatic carbocycles. The monoisotopic (exact) mass is 294 g/mol. The topological polar surface area (TPSA) is 50.2 Å². The summed E-state index contributed by atoms with van der Waals surface area (Å²) >= 11 is 6.27. The van der Waals surface area contributed by atoms with Crippen molar-refractivity contribution in [3.8, 4) is 0 Å². The highest BCUT2D eigenvalue weighted by molar-refractivity contribution is 6.33. The summed E-state index contributed by atoms with van der Waals surface area (Å²) in [5, 5.41) is 7.88. The van der Waals surface area contributed by atoms with Gasteiger partial charge in [0.2, 0.25) is 0 Å². The number of halogens is 1. The van der Waals surface area contributed by atoms with Crippen molar-refractivity contribution >= 4 is 17.3 Å². The van der Waals surface area contributed by atoms with Crippen molar-refractivity contribution in [2.45, 2.75) is 19.5 Å². The Bertz CT molecular complexity index is 585. The predicted octanol–water partition coefficient (Wildman–Crippen LogP) is 1.13. The molecule has 108 valence electrons. The van der Waals surface area contributed by atoms with Crippen LogP contribution in [0.25, 0.3) is 0 Å². The number of hydrogen-bond donors (Lipinski definition) is 1. The minimum absolute atomic E-state index is 0.244. The molecule has 0 radical (unpaired) electrons. The maximum absolute atomic E-state index is 12.2. The van der Waals surface area contributed by atoms with Gasteiger partial charge < -0.3 is 10.2 Å². The van der Waals surface area contributed by atoms with Crippen molar-refractivity contribution in [2.75, 3.05) is 24.5 Å². The van der Waals surface area contributed by atoms with E-state index in [9.17, 15) is 4.79 Å². The third-order valence-corrected chi connectivity index (χ3v) is 4.87. The highest BCUT2D eigenvalue weighted by Gasteiger charge is 2.42. The van der Waals surface area contributed by atoms with Gasteiger partial charge in [0, 0.05) is 25.7 Å². The average Bonchev–Trinajstić information content (AvgIpc) is 3.00. The van der Waals surface area contributed by atoms with E-state index in [4.69, 9.17) is 11.6 Å². The predicted molar refractivity (Wildman–Crippen MR) is 80.4 cm³/mol. The first-order valence-corrected chi connectivity index (χ1v) is 7.35. The summed E-state index contributed by atoms with van der Waals surface area (Å²) in [7, 11) is 0. The highest BCUT2D eigenvalue weighted by Crippen LogP contribution is 2.37. The van der Waals surface area contributed by atoms with Crippen LogP contribution in [-0.2, 0) is 6.54 Å². The second-order valence-corrected chi connectivity index (χ2v) is 5.97. The molecule has 0 saturated carbocycles. The summed E-state index contributed by atoms with van der Waals surface area (Å²) in [6, 6.07) is 0.379. The van der Waals surface area contributed by atoms with Crippen LogP contribution in [-0.4, -0.2) is 35.5 Å². The van der Waals surface area contributed by atoms with E-state index in [1.807, 2.05) is 0 Å². The smallest absolute Gasteiger partial charge is 0.287 e. The van der Waals surface area contributed by atoms with Gasteiger partial charge in [0.15, 0.2) is 0 Å². The first-order chi connectivity index (χ1) is 9.63. The van der Waals surface area contributed by atoms with Gasteiger partial charge in [0.25, 0.3) is 5.56 Å². The summed E-state index contributed by atoms with van der Waals surface area (Å²) < 4.78 is 1.34. The first kappa shape index (κ1) is 13.6. The Morgan fingerprint density at radius 2 is 2.40 bits per heavy atom. The molecule has 2 aliphatic heterocycles. The molecule has 1 aromatic heterocycles. The van der Waals surface area contributed by atoms with E-state index >= 15 is 0 Å². The SMILES string of the molecule is C=CCn1ncc(N2CC3CNCC3C2C)c(Cl)c1=O. The lowest BCUT2D eigenvalue weighted by atomic mass is 9.95. The fraction of sp³-hybridized carbons (Fsp3) is 0.571. The Kier molecular flexibility index (Phi) is 3.56. The number of rotatable bonds is 3. The fourth-order valence-corrected chi connectivity index (χ4v) is 3.65. The van der Waals surface area contributed by atoms with Gasteiger partial charge >= 0.3 is 0 Å². The van der Waals surface area contributed by atoms with Gasteiger partial charge in [0.05, 0.1) is 18.4 Å². The molecule has 20 heavy (non-hydrogen) atoms. The maximum Gasteiger partial charge on any atom is 0.287 e. The summed E-state index contributed by atoms with van der Waals surface area (Å²) in [6.45, 7) is 9.22. The lowest BCUT2D eigenvalue weighted by Gasteiger charge is -2.27. The molecule has 3 heterocycles. The van der Waals surface area contributed by atoms with Crippen LogP contribution in [0.15, 0.2) is 23.6 Å². The highest BCUT2D eigenvalue weighted by atomic mass is 35.5. The van der Waals surface area contributed by atoms with Gasteiger partial charge in [-0.2, -0.15) is 5.10 Å². The van der Waals surface area contributed by atoms with E-state index in [1.54, 1.807) is 12.3 Å². The molecule has 0 bridgehead atoms. The Labute approximate surface area is 123 Å². The van der Waals surface area contributed by atoms with Gasteiger partial charge in [0.1, 0.15) is 5.02 Å². The lowest BCUT2D eigenvalue weighted by Crippen LogP contribution is -2.35. The van der Waals surface area contributed by atoms with Crippen LogP contribution < -0.4 is 15.8 Å². The molecule has 6 heteroatoms. The van der Waals surface area contributed by atoms with E-state index in [0.717, 1.165) is 25.3 Å². The Balaban J connectivity index is 1.93. The minimum atomic E-state index is -0.244. The normalized spacial score (nSPS) is 28.7. The van der Waals surface area contributed by atoms with Gasteiger partial charge in [-0.3, -0.25) is 4.79 Å². The van der Waals surface area contributed by atoms with Crippen molar-refractivity contribution in [1.29, 1.82) is 0 Å². The summed E-state index contributed by atoms with van der Waals surface area (Å²) in [5.74, 6) is 1.26. The number of fused-ring (bicyclic) bond motifs is 1. The molecular formula is C14H19ClN4O. The van der Waals surface area contributed by atoms with E-state index in [1.165, 1.54) is 4.68 Å². The summed E-state index contributed by atoms with van der Waals surface area (Å²) in [4.78, 5) is 14.4. The Hall–Kier alpha value is -1.33. The standard InChI is InChI=1S/C14H19ClN4O/c1-3-4-19-14(20)13(15)12(7-17-19)18-8-10-5-16-6-11(10)9(18)2/h3,7,9-11,16H,1,4-6,8H2,2H3. The number of aromatic nitrogens is 2. The maximum atomic E-state index is 12.2. The molecule has 0 spiro atoms. The molecule has 2 aliphatic rings. The molecule has 3 unspecified atom stereocenters. The molecule has 3 atom stereocenters. The number of nitrogens with one attached hydrogen (secondary N) is 1. The Morgan fingerprint density at radius 3 is 3.10 bits per heavy atom. The molecule has 5 nitrogen and oxygen atoms in total. The zero-order chi connectivity index (χ0) is 14.3. The first-order valence-electron chi connectivity index (χ1n) is 6.97. The minimum Gasteiger partial charge on any atom is -0.365 e. The Morgan fingerprint density at radius 1 is 1.60 bits per heavy atom. The van der Waals surface area contributed by atoms with E-state index in [-0.39, 0.29) is 10.6 Å². The summed E-state index contributed by atoms with van der Waals surface area (Å²) in [6.07, 6.45) is 3.34.